The van der Waals surface area contributed by atoms with Gasteiger partial charge >= 0.3 is 0 Å². The van der Waals surface area contributed by atoms with Gasteiger partial charge in [0.1, 0.15) is 6.34 Å². The molecule has 2 aliphatic rings. The zero-order valence-corrected chi connectivity index (χ0v) is 7.14. The van der Waals surface area contributed by atoms with Gasteiger partial charge in [0.25, 0.3) is 5.91 Å². The van der Waals surface area contributed by atoms with Crippen molar-refractivity contribution in [2.24, 2.45) is 15.0 Å². The molecular weight excluding hydrogens is 178 g/mol. The Morgan fingerprint density at radius 1 is 1.07 bits per heavy atom. The number of nitrogens with zero attached hydrogens (tertiary/aromatic N) is 3. The molecule has 14 heavy (non-hydrogen) atoms. The maximum Gasteiger partial charge on any atom is 0.270 e. The van der Waals surface area contributed by atoms with E-state index >= 15 is 0 Å². The van der Waals surface area contributed by atoms with Gasteiger partial charge in [-0.05, 0) is 18.2 Å². The first kappa shape index (κ1) is 7.32. The van der Waals surface area contributed by atoms with Crippen molar-refractivity contribution in [2.75, 3.05) is 0 Å². The van der Waals surface area contributed by atoms with Gasteiger partial charge in [0, 0.05) is 11.6 Å². The molecule has 3 rings (SSSR count). The number of hydrogen-bond donors (Lipinski definition) is 0. The molecule has 66 valence electrons. The van der Waals surface area contributed by atoms with E-state index < -0.39 is 0 Å². The van der Waals surface area contributed by atoms with E-state index in [4.69, 9.17) is 0 Å². The summed E-state index contributed by atoms with van der Waals surface area (Å²) in [4.78, 5) is 23.0. The van der Waals surface area contributed by atoms with Crippen molar-refractivity contribution in [1.29, 1.82) is 0 Å². The number of aliphatic imine (C=N–C) groups is 1. The summed E-state index contributed by atoms with van der Waals surface area (Å²) >= 11 is 0. The molecule has 0 radical (unpaired) electrons. The number of hydrogen-bond acceptors (Lipinski definition) is 3. The Balaban J connectivity index is 2.42. The molecule has 0 aliphatic carbocycles. The van der Waals surface area contributed by atoms with Crippen LogP contribution in [-0.2, 0) is 4.79 Å². The largest absolute Gasteiger partial charge is 0.270 e. The van der Waals surface area contributed by atoms with Crippen LogP contribution in [0.4, 0.5) is 5.69 Å². The molecule has 1 aromatic rings. The minimum Gasteiger partial charge on any atom is -0.267 e. The third-order valence-electron chi connectivity index (χ3n) is 2.15. The Morgan fingerprint density at radius 2 is 2.00 bits per heavy atom. The zero-order valence-electron chi connectivity index (χ0n) is 7.14. The average Bonchev–Trinajstić information content (AvgIpc) is 2.61. The fourth-order valence-corrected chi connectivity index (χ4v) is 1.49. The summed E-state index contributed by atoms with van der Waals surface area (Å²) in [5.74, 6) is -0.226. The van der Waals surface area contributed by atoms with Crippen molar-refractivity contribution in [1.82, 2.24) is 0 Å². The lowest BCUT2D eigenvalue weighted by Crippen LogP contribution is -2.16. The quantitative estimate of drug-likeness (QED) is 0.565. The van der Waals surface area contributed by atoms with Gasteiger partial charge in [0.05, 0.1) is 16.4 Å². The number of amides is 1. The lowest BCUT2D eigenvalue weighted by molar-refractivity contribution is -0.113. The van der Waals surface area contributed by atoms with Crippen molar-refractivity contribution in [3.63, 3.8) is 0 Å². The van der Waals surface area contributed by atoms with E-state index in [2.05, 4.69) is 15.0 Å². The maximum absolute atomic E-state index is 11.0. The molecule has 0 saturated heterocycles. The van der Waals surface area contributed by atoms with Crippen LogP contribution in [-0.4, -0.2) is 12.2 Å². The second kappa shape index (κ2) is 2.45. The minimum atomic E-state index is -0.226. The first-order chi connectivity index (χ1) is 6.83. The zero-order chi connectivity index (χ0) is 9.54. The summed E-state index contributed by atoms with van der Waals surface area (Å²) in [6.07, 6.45) is 4.70. The summed E-state index contributed by atoms with van der Waals surface area (Å²) in [6, 6.07) is 3.66. The van der Waals surface area contributed by atoms with Crippen LogP contribution in [0.2, 0.25) is 0 Å². The number of fused-ring (bicyclic) bond motifs is 2. The van der Waals surface area contributed by atoms with Crippen LogP contribution in [0.25, 0.3) is 6.08 Å². The molecule has 0 atom stereocenters. The number of carbonyl (C=O) groups is 1. The highest BCUT2D eigenvalue weighted by atomic mass is 16.1. The van der Waals surface area contributed by atoms with Crippen LogP contribution in [0.3, 0.4) is 0 Å². The van der Waals surface area contributed by atoms with Gasteiger partial charge in [-0.2, -0.15) is 0 Å². The molecule has 0 fully saturated rings. The Kier molecular flexibility index (Phi) is 1.28. The average molecular weight is 183 g/mol. The Hall–Kier alpha value is -2.10. The van der Waals surface area contributed by atoms with Gasteiger partial charge in [0.2, 0.25) is 0 Å². The molecule has 0 saturated carbocycles. The van der Waals surface area contributed by atoms with E-state index in [1.807, 2.05) is 6.07 Å². The molecule has 0 aromatic heterocycles. The number of carbonyl (C=O) groups excluding carboxylic acids is 1. The summed E-state index contributed by atoms with van der Waals surface area (Å²) in [7, 11) is 0. The predicted molar refractivity (Wildman–Crippen MR) is 50.9 cm³/mol. The molecule has 0 unspecified atom stereocenters. The Morgan fingerprint density at radius 3 is 2.93 bits per heavy atom. The minimum absolute atomic E-state index is 0.226. The first-order valence-electron chi connectivity index (χ1n) is 4.18. The first-order valence-corrected chi connectivity index (χ1v) is 4.18. The van der Waals surface area contributed by atoms with Gasteiger partial charge in [-0.25, -0.2) is 15.0 Å². The standard InChI is InChI=1S/C10H5N3O/c14-10-2-1-6-3-8-9(12-5-11-8)4-7(6)13-10/h1-5H. The predicted octanol–water partition coefficient (Wildman–Crippen LogP) is 0.153. The van der Waals surface area contributed by atoms with E-state index in [-0.39, 0.29) is 5.91 Å². The second-order valence-electron chi connectivity index (χ2n) is 3.06. The molecule has 4 nitrogen and oxygen atoms in total. The van der Waals surface area contributed by atoms with Crippen LogP contribution >= 0.6 is 0 Å². The highest BCUT2D eigenvalue weighted by Gasteiger charge is 2.07. The Bertz CT molecular complexity index is 611. The van der Waals surface area contributed by atoms with Crippen molar-refractivity contribution < 1.29 is 4.79 Å². The van der Waals surface area contributed by atoms with Crippen LogP contribution in [0.15, 0.2) is 33.2 Å². The fourth-order valence-electron chi connectivity index (χ4n) is 1.49. The van der Waals surface area contributed by atoms with Crippen LogP contribution in [0.1, 0.15) is 5.56 Å². The van der Waals surface area contributed by atoms with E-state index in [0.717, 1.165) is 16.6 Å². The molecule has 0 N–H and O–H groups in total. The van der Waals surface area contributed by atoms with Gasteiger partial charge in [-0.1, -0.05) is 0 Å². The highest BCUT2D eigenvalue weighted by Crippen LogP contribution is 2.08. The SMILES string of the molecule is O=C1C=Cc2cc3c(cc2=N1)N=CN=3. The van der Waals surface area contributed by atoms with Crippen molar-refractivity contribution in [2.45, 2.75) is 0 Å². The molecular formula is C10H5N3O. The summed E-state index contributed by atoms with van der Waals surface area (Å²) in [5.41, 5.74) is 1.69. The lowest BCUT2D eigenvalue weighted by Gasteiger charge is -1.99. The van der Waals surface area contributed by atoms with Gasteiger partial charge in [-0.15, -0.1) is 0 Å². The lowest BCUT2D eigenvalue weighted by atomic mass is 10.1. The topological polar surface area (TPSA) is 54.1 Å². The Labute approximate surface area is 79.0 Å². The molecule has 2 aliphatic heterocycles. The summed E-state index contributed by atoms with van der Waals surface area (Å²) < 4.78 is 0. The van der Waals surface area contributed by atoms with Crippen molar-refractivity contribution in [3.8, 4) is 0 Å². The molecule has 4 heteroatoms. The highest BCUT2D eigenvalue weighted by molar-refractivity contribution is 5.94. The van der Waals surface area contributed by atoms with Gasteiger partial charge in [0.15, 0.2) is 0 Å². The van der Waals surface area contributed by atoms with Crippen LogP contribution < -0.4 is 10.7 Å². The monoisotopic (exact) mass is 183 g/mol. The van der Waals surface area contributed by atoms with E-state index in [1.54, 1.807) is 12.1 Å². The normalized spacial score (nSPS) is 15.9. The van der Waals surface area contributed by atoms with E-state index in [0.29, 0.717) is 5.36 Å². The number of benzene rings is 1. The van der Waals surface area contributed by atoms with Gasteiger partial charge < -0.3 is 0 Å². The molecule has 2 heterocycles. The molecule has 1 aromatic carbocycles. The van der Waals surface area contributed by atoms with E-state index in [1.165, 1.54) is 12.4 Å². The number of rotatable bonds is 0. The van der Waals surface area contributed by atoms with Crippen molar-refractivity contribution >= 4 is 24.0 Å². The third kappa shape index (κ3) is 0.939. The van der Waals surface area contributed by atoms with Crippen molar-refractivity contribution in [3.05, 3.63) is 34.5 Å². The third-order valence-corrected chi connectivity index (χ3v) is 2.15. The maximum atomic E-state index is 11.0. The molecule has 0 bridgehead atoms. The van der Waals surface area contributed by atoms with Crippen LogP contribution in [0.5, 0.6) is 0 Å². The fraction of sp³-hybridized carbons (Fsp3) is 0. The van der Waals surface area contributed by atoms with Crippen LogP contribution in [0, 0.1) is 0 Å². The second-order valence-corrected chi connectivity index (χ2v) is 3.06. The smallest absolute Gasteiger partial charge is 0.267 e. The summed E-state index contributed by atoms with van der Waals surface area (Å²) in [6.45, 7) is 0. The van der Waals surface area contributed by atoms with E-state index in [9.17, 15) is 4.79 Å². The molecule has 0 spiro atoms. The molecule has 1 amide bonds. The van der Waals surface area contributed by atoms with Gasteiger partial charge in [-0.3, -0.25) is 4.79 Å². The summed E-state index contributed by atoms with van der Waals surface area (Å²) in [5, 5.41) is 1.50.